The molecule has 0 heterocycles. The van der Waals surface area contributed by atoms with Crippen molar-refractivity contribution in [2.24, 2.45) is 0 Å². The molecule has 1 N–H and O–H groups in total. The van der Waals surface area contributed by atoms with E-state index in [4.69, 9.17) is 0 Å². The first-order valence-corrected chi connectivity index (χ1v) is 7.98. The number of rotatable bonds is 9. The predicted molar refractivity (Wildman–Crippen MR) is 85.4 cm³/mol. The van der Waals surface area contributed by atoms with Gasteiger partial charge in [-0.2, -0.15) is 0 Å². The third-order valence-corrected chi connectivity index (χ3v) is 3.65. The summed E-state index contributed by atoms with van der Waals surface area (Å²) in [7, 11) is 1.30. The van der Waals surface area contributed by atoms with E-state index in [9.17, 15) is 9.90 Å². The van der Waals surface area contributed by atoms with Gasteiger partial charge in [0.2, 0.25) is 0 Å². The molecule has 0 unspecified atom stereocenters. The average Bonchev–Trinajstić information content (AvgIpc) is 2.49. The van der Waals surface area contributed by atoms with Crippen molar-refractivity contribution in [3.8, 4) is 0 Å². The van der Waals surface area contributed by atoms with E-state index in [0.29, 0.717) is 6.42 Å². The Kier molecular flexibility index (Phi) is 8.06. The van der Waals surface area contributed by atoms with Crippen LogP contribution in [-0.4, -0.2) is 24.3 Å². The number of methoxy groups -OCH3 is 1. The van der Waals surface area contributed by atoms with Gasteiger partial charge in [0.25, 0.3) is 0 Å². The Labute approximate surface area is 128 Å². The highest BCUT2D eigenvalue weighted by Crippen LogP contribution is 2.17. The smallest absolute Gasteiger partial charge is 0.335 e. The zero-order valence-corrected chi connectivity index (χ0v) is 13.5. The van der Waals surface area contributed by atoms with Crippen molar-refractivity contribution in [1.82, 2.24) is 0 Å². The Morgan fingerprint density at radius 2 is 1.52 bits per heavy atom. The number of benzene rings is 1. The van der Waals surface area contributed by atoms with Crippen LogP contribution in [0.3, 0.4) is 0 Å². The lowest BCUT2D eigenvalue weighted by atomic mass is 9.96. The number of aliphatic hydroxyl groups is 1. The maximum absolute atomic E-state index is 11.4. The normalized spacial score (nSPS) is 12.2. The van der Waals surface area contributed by atoms with E-state index in [1.807, 2.05) is 0 Å². The molecule has 118 valence electrons. The Morgan fingerprint density at radius 1 is 1.05 bits per heavy atom. The van der Waals surface area contributed by atoms with Gasteiger partial charge >= 0.3 is 5.97 Å². The van der Waals surface area contributed by atoms with Gasteiger partial charge in [-0.1, -0.05) is 44.9 Å². The minimum atomic E-state index is -1.07. The topological polar surface area (TPSA) is 46.5 Å². The van der Waals surface area contributed by atoms with Gasteiger partial charge in [-0.05, 0) is 42.4 Å². The van der Waals surface area contributed by atoms with Crippen molar-refractivity contribution in [3.05, 3.63) is 34.9 Å². The molecule has 0 aliphatic carbocycles. The maximum Gasteiger partial charge on any atom is 0.335 e. The molecule has 3 nitrogen and oxygen atoms in total. The third kappa shape index (κ3) is 6.30. The summed E-state index contributed by atoms with van der Waals surface area (Å²) in [4.78, 5) is 11.4. The lowest BCUT2D eigenvalue weighted by Crippen LogP contribution is -2.24. The van der Waals surface area contributed by atoms with Crippen LogP contribution < -0.4 is 0 Å². The monoisotopic (exact) mass is 292 g/mol. The summed E-state index contributed by atoms with van der Waals surface area (Å²) >= 11 is 0. The molecule has 1 atom stereocenters. The molecule has 0 saturated heterocycles. The van der Waals surface area contributed by atoms with Crippen LogP contribution in [0.5, 0.6) is 0 Å². The highest BCUT2D eigenvalue weighted by Gasteiger charge is 2.16. The molecule has 0 radical (unpaired) electrons. The van der Waals surface area contributed by atoms with Gasteiger partial charge in [0.15, 0.2) is 6.10 Å². The van der Waals surface area contributed by atoms with Crippen molar-refractivity contribution in [3.63, 3.8) is 0 Å². The van der Waals surface area contributed by atoms with E-state index in [-0.39, 0.29) is 0 Å². The van der Waals surface area contributed by atoms with E-state index < -0.39 is 12.1 Å². The van der Waals surface area contributed by atoms with Crippen molar-refractivity contribution >= 4 is 5.97 Å². The fourth-order valence-electron chi connectivity index (χ4n) is 2.45. The van der Waals surface area contributed by atoms with Gasteiger partial charge in [0, 0.05) is 6.42 Å². The van der Waals surface area contributed by atoms with E-state index >= 15 is 0 Å². The Morgan fingerprint density at radius 3 is 1.95 bits per heavy atom. The zero-order chi connectivity index (χ0) is 15.7. The fourth-order valence-corrected chi connectivity index (χ4v) is 2.45. The highest BCUT2D eigenvalue weighted by molar-refractivity contribution is 5.74. The van der Waals surface area contributed by atoms with Crippen molar-refractivity contribution in [2.45, 2.75) is 64.9 Å². The SMILES string of the molecule is CCCCc1cc(CCCC)cc(C[C@@H](O)C(=O)OC)c1. The molecular formula is C18H28O3. The summed E-state index contributed by atoms with van der Waals surface area (Å²) in [5.74, 6) is -0.566. The maximum atomic E-state index is 11.4. The minimum absolute atomic E-state index is 0.325. The van der Waals surface area contributed by atoms with Gasteiger partial charge in [-0.25, -0.2) is 4.79 Å². The molecule has 0 aliphatic rings. The average molecular weight is 292 g/mol. The molecule has 1 aromatic carbocycles. The molecule has 21 heavy (non-hydrogen) atoms. The molecule has 0 fully saturated rings. The fraction of sp³-hybridized carbons (Fsp3) is 0.611. The minimum Gasteiger partial charge on any atom is -0.467 e. The number of hydrogen-bond donors (Lipinski definition) is 1. The number of carbonyl (C=O) groups is 1. The van der Waals surface area contributed by atoms with Gasteiger partial charge in [0.05, 0.1) is 7.11 Å². The molecule has 3 heteroatoms. The van der Waals surface area contributed by atoms with Crippen molar-refractivity contribution in [1.29, 1.82) is 0 Å². The van der Waals surface area contributed by atoms with Crippen LogP contribution in [0.15, 0.2) is 18.2 Å². The first kappa shape index (κ1) is 17.7. The van der Waals surface area contributed by atoms with Crippen LogP contribution in [-0.2, 0) is 28.8 Å². The van der Waals surface area contributed by atoms with Crippen LogP contribution in [0.1, 0.15) is 56.2 Å². The Hall–Kier alpha value is -1.35. The van der Waals surface area contributed by atoms with Crippen LogP contribution in [0.25, 0.3) is 0 Å². The lowest BCUT2D eigenvalue weighted by molar-refractivity contribution is -0.150. The standard InChI is InChI=1S/C18H28O3/c1-4-6-8-14-10-15(9-7-5-2)12-16(11-14)13-17(19)18(20)21-3/h10-12,17,19H,4-9,13H2,1-3H3/t17-/m1/s1. The molecular weight excluding hydrogens is 264 g/mol. The number of aryl methyl sites for hydroxylation is 2. The summed E-state index contributed by atoms with van der Waals surface area (Å²) in [6.07, 6.45) is 6.02. The molecule has 1 rings (SSSR count). The van der Waals surface area contributed by atoms with Crippen LogP contribution in [0, 0.1) is 0 Å². The number of carbonyl (C=O) groups excluding carboxylic acids is 1. The molecule has 0 aliphatic heterocycles. The number of esters is 1. The molecule has 0 spiro atoms. The summed E-state index contributed by atoms with van der Waals surface area (Å²) in [6.45, 7) is 4.37. The van der Waals surface area contributed by atoms with E-state index in [1.165, 1.54) is 31.1 Å². The van der Waals surface area contributed by atoms with Crippen LogP contribution >= 0.6 is 0 Å². The lowest BCUT2D eigenvalue weighted by Gasteiger charge is -2.12. The second-order valence-electron chi connectivity index (χ2n) is 5.61. The predicted octanol–water partition coefficient (Wildman–Crippen LogP) is 3.45. The number of aliphatic hydroxyl groups excluding tert-OH is 1. The summed E-state index contributed by atoms with van der Waals surface area (Å²) in [5, 5.41) is 9.83. The van der Waals surface area contributed by atoms with Crippen LogP contribution in [0.2, 0.25) is 0 Å². The molecule has 1 aromatic rings. The van der Waals surface area contributed by atoms with E-state index in [1.54, 1.807) is 0 Å². The van der Waals surface area contributed by atoms with Crippen molar-refractivity contribution < 1.29 is 14.6 Å². The Balaban J connectivity index is 2.86. The van der Waals surface area contributed by atoms with Crippen molar-refractivity contribution in [2.75, 3.05) is 7.11 Å². The van der Waals surface area contributed by atoms with E-state index in [0.717, 1.165) is 31.2 Å². The summed E-state index contributed by atoms with van der Waals surface area (Å²) in [5.41, 5.74) is 3.63. The molecule has 0 bridgehead atoms. The van der Waals surface area contributed by atoms with E-state index in [2.05, 4.69) is 36.8 Å². The molecule has 0 aromatic heterocycles. The number of unbranched alkanes of at least 4 members (excludes halogenated alkanes) is 2. The second kappa shape index (κ2) is 9.56. The third-order valence-electron chi connectivity index (χ3n) is 3.65. The first-order valence-electron chi connectivity index (χ1n) is 7.98. The quantitative estimate of drug-likeness (QED) is 0.709. The second-order valence-corrected chi connectivity index (χ2v) is 5.61. The van der Waals surface area contributed by atoms with Crippen LogP contribution in [0.4, 0.5) is 0 Å². The molecule has 0 saturated carbocycles. The van der Waals surface area contributed by atoms with Gasteiger partial charge < -0.3 is 9.84 Å². The number of hydrogen-bond acceptors (Lipinski definition) is 3. The zero-order valence-electron chi connectivity index (χ0n) is 13.5. The van der Waals surface area contributed by atoms with Gasteiger partial charge in [-0.15, -0.1) is 0 Å². The Bertz CT molecular complexity index is 414. The summed E-state index contributed by atoms with van der Waals surface area (Å²) in [6, 6.07) is 6.48. The highest BCUT2D eigenvalue weighted by atomic mass is 16.5. The first-order chi connectivity index (χ1) is 10.1. The van der Waals surface area contributed by atoms with Gasteiger partial charge in [-0.3, -0.25) is 0 Å². The number of ether oxygens (including phenoxy) is 1. The largest absolute Gasteiger partial charge is 0.467 e. The molecule has 0 amide bonds. The summed E-state index contributed by atoms with van der Waals surface area (Å²) < 4.78 is 4.59. The van der Waals surface area contributed by atoms with Gasteiger partial charge in [0.1, 0.15) is 0 Å².